The monoisotopic (exact) mass is 265 g/mol. The van der Waals surface area contributed by atoms with Crippen LogP contribution in [0.4, 0.5) is 0 Å². The Bertz CT molecular complexity index is 353. The maximum absolute atomic E-state index is 6.12. The Labute approximate surface area is 116 Å². The van der Waals surface area contributed by atoms with Crippen LogP contribution in [-0.2, 0) is 4.74 Å². The van der Waals surface area contributed by atoms with Crippen LogP contribution in [0.25, 0.3) is 0 Å². The Morgan fingerprint density at radius 1 is 1.47 bits per heavy atom. The van der Waals surface area contributed by atoms with Gasteiger partial charge in [-0.2, -0.15) is 0 Å². The Kier molecular flexibility index (Phi) is 4.86. The SMILES string of the molecule is C=C(C)C1OCCC1CN=C(N)N1CCCC(C)C1. The molecule has 0 aromatic heterocycles. The molecule has 0 bridgehead atoms. The Balaban J connectivity index is 1.88. The van der Waals surface area contributed by atoms with E-state index in [0.717, 1.165) is 44.2 Å². The molecule has 19 heavy (non-hydrogen) atoms. The average Bonchev–Trinajstić information content (AvgIpc) is 2.84. The van der Waals surface area contributed by atoms with Gasteiger partial charge in [0.15, 0.2) is 5.96 Å². The third kappa shape index (κ3) is 3.72. The molecule has 0 aliphatic carbocycles. The number of nitrogens with zero attached hydrogens (tertiary/aromatic N) is 2. The molecular formula is C15H27N3O. The molecule has 2 aliphatic heterocycles. The van der Waals surface area contributed by atoms with Gasteiger partial charge in [0.2, 0.25) is 0 Å². The molecule has 2 fully saturated rings. The second-order valence-electron chi connectivity index (χ2n) is 6.08. The zero-order valence-electron chi connectivity index (χ0n) is 12.3. The molecule has 0 aromatic carbocycles. The van der Waals surface area contributed by atoms with Gasteiger partial charge in [-0.1, -0.05) is 19.1 Å². The van der Waals surface area contributed by atoms with Crippen molar-refractivity contribution in [3.05, 3.63) is 12.2 Å². The van der Waals surface area contributed by atoms with E-state index in [1.165, 1.54) is 12.8 Å². The van der Waals surface area contributed by atoms with Crippen LogP contribution >= 0.6 is 0 Å². The lowest BCUT2D eigenvalue weighted by Crippen LogP contribution is -2.43. The molecule has 2 heterocycles. The molecule has 0 amide bonds. The van der Waals surface area contributed by atoms with Gasteiger partial charge in [0, 0.05) is 32.2 Å². The molecule has 0 radical (unpaired) electrons. The maximum atomic E-state index is 6.12. The van der Waals surface area contributed by atoms with Gasteiger partial charge in [0.25, 0.3) is 0 Å². The largest absolute Gasteiger partial charge is 0.374 e. The van der Waals surface area contributed by atoms with E-state index in [0.29, 0.717) is 11.9 Å². The van der Waals surface area contributed by atoms with Gasteiger partial charge < -0.3 is 15.4 Å². The zero-order valence-corrected chi connectivity index (χ0v) is 12.3. The first-order valence-corrected chi connectivity index (χ1v) is 7.39. The van der Waals surface area contributed by atoms with Crippen molar-refractivity contribution in [2.75, 3.05) is 26.2 Å². The lowest BCUT2D eigenvalue weighted by molar-refractivity contribution is 0.120. The summed E-state index contributed by atoms with van der Waals surface area (Å²) in [4.78, 5) is 6.82. The van der Waals surface area contributed by atoms with Crippen LogP contribution in [0.2, 0.25) is 0 Å². The van der Waals surface area contributed by atoms with Crippen molar-refractivity contribution in [2.24, 2.45) is 22.6 Å². The number of hydrogen-bond acceptors (Lipinski definition) is 2. The van der Waals surface area contributed by atoms with E-state index < -0.39 is 0 Å². The summed E-state index contributed by atoms with van der Waals surface area (Å²) in [6.45, 7) is 12.0. The van der Waals surface area contributed by atoms with Crippen LogP contribution in [-0.4, -0.2) is 43.2 Å². The zero-order chi connectivity index (χ0) is 13.8. The van der Waals surface area contributed by atoms with Crippen molar-refractivity contribution in [1.29, 1.82) is 0 Å². The number of hydrogen-bond donors (Lipinski definition) is 1. The second-order valence-corrected chi connectivity index (χ2v) is 6.08. The van der Waals surface area contributed by atoms with Gasteiger partial charge in [0.05, 0.1) is 6.10 Å². The van der Waals surface area contributed by atoms with Gasteiger partial charge in [-0.15, -0.1) is 0 Å². The second kappa shape index (κ2) is 6.42. The summed E-state index contributed by atoms with van der Waals surface area (Å²) in [7, 11) is 0. The lowest BCUT2D eigenvalue weighted by atomic mass is 9.97. The van der Waals surface area contributed by atoms with E-state index >= 15 is 0 Å². The number of likely N-dealkylation sites (tertiary alicyclic amines) is 1. The molecule has 2 aliphatic rings. The average molecular weight is 265 g/mol. The molecule has 2 saturated heterocycles. The van der Waals surface area contributed by atoms with Gasteiger partial charge in [-0.25, -0.2) is 0 Å². The van der Waals surface area contributed by atoms with E-state index in [1.54, 1.807) is 0 Å². The van der Waals surface area contributed by atoms with Crippen LogP contribution < -0.4 is 5.73 Å². The fourth-order valence-corrected chi connectivity index (χ4v) is 3.07. The van der Waals surface area contributed by atoms with Gasteiger partial charge in [0.1, 0.15) is 0 Å². The summed E-state index contributed by atoms with van der Waals surface area (Å²) in [6, 6.07) is 0. The molecule has 2 N–H and O–H groups in total. The number of piperidine rings is 1. The van der Waals surface area contributed by atoms with E-state index in [4.69, 9.17) is 10.5 Å². The summed E-state index contributed by atoms with van der Waals surface area (Å²) in [5.41, 5.74) is 7.22. The number of nitrogens with two attached hydrogens (primary N) is 1. The summed E-state index contributed by atoms with van der Waals surface area (Å²) in [5.74, 6) is 1.87. The Hall–Kier alpha value is -1.03. The summed E-state index contributed by atoms with van der Waals surface area (Å²) >= 11 is 0. The van der Waals surface area contributed by atoms with Crippen LogP contribution in [0.15, 0.2) is 17.1 Å². The third-order valence-corrected chi connectivity index (χ3v) is 4.17. The topological polar surface area (TPSA) is 50.9 Å². The minimum absolute atomic E-state index is 0.164. The highest BCUT2D eigenvalue weighted by molar-refractivity contribution is 5.78. The summed E-state index contributed by atoms with van der Waals surface area (Å²) in [6.07, 6.45) is 3.75. The fraction of sp³-hybridized carbons (Fsp3) is 0.800. The number of aliphatic imine (C=N–C) groups is 1. The van der Waals surface area contributed by atoms with E-state index in [1.807, 2.05) is 6.92 Å². The molecule has 3 unspecified atom stereocenters. The first-order valence-electron chi connectivity index (χ1n) is 7.39. The van der Waals surface area contributed by atoms with E-state index in [-0.39, 0.29) is 6.10 Å². The molecule has 0 saturated carbocycles. The number of rotatable bonds is 3. The van der Waals surface area contributed by atoms with Gasteiger partial charge in [-0.3, -0.25) is 4.99 Å². The Morgan fingerprint density at radius 2 is 2.26 bits per heavy atom. The predicted molar refractivity (Wildman–Crippen MR) is 79.1 cm³/mol. The molecule has 108 valence electrons. The van der Waals surface area contributed by atoms with Gasteiger partial charge >= 0.3 is 0 Å². The molecule has 4 heteroatoms. The molecule has 0 aromatic rings. The minimum Gasteiger partial charge on any atom is -0.374 e. The predicted octanol–water partition coefficient (Wildman–Crippen LogP) is 2.01. The lowest BCUT2D eigenvalue weighted by Gasteiger charge is -2.31. The van der Waals surface area contributed by atoms with Crippen molar-refractivity contribution in [2.45, 2.75) is 39.2 Å². The number of ether oxygens (including phenoxy) is 1. The molecular weight excluding hydrogens is 238 g/mol. The highest BCUT2D eigenvalue weighted by Gasteiger charge is 2.28. The van der Waals surface area contributed by atoms with Crippen LogP contribution in [0.5, 0.6) is 0 Å². The minimum atomic E-state index is 0.164. The molecule has 2 rings (SSSR count). The van der Waals surface area contributed by atoms with Crippen molar-refractivity contribution >= 4 is 5.96 Å². The first kappa shape index (κ1) is 14.4. The Morgan fingerprint density at radius 3 is 2.95 bits per heavy atom. The highest BCUT2D eigenvalue weighted by atomic mass is 16.5. The molecule has 3 atom stereocenters. The number of guanidine groups is 1. The normalized spacial score (nSPS) is 32.6. The molecule has 0 spiro atoms. The highest BCUT2D eigenvalue weighted by Crippen LogP contribution is 2.26. The summed E-state index contributed by atoms with van der Waals surface area (Å²) < 4.78 is 5.70. The maximum Gasteiger partial charge on any atom is 0.191 e. The molecule has 4 nitrogen and oxygen atoms in total. The first-order chi connectivity index (χ1) is 9.08. The van der Waals surface area contributed by atoms with E-state index in [9.17, 15) is 0 Å². The van der Waals surface area contributed by atoms with Crippen molar-refractivity contribution in [3.63, 3.8) is 0 Å². The quantitative estimate of drug-likeness (QED) is 0.482. The van der Waals surface area contributed by atoms with Gasteiger partial charge in [-0.05, 0) is 32.1 Å². The van der Waals surface area contributed by atoms with Crippen LogP contribution in [0, 0.1) is 11.8 Å². The third-order valence-electron chi connectivity index (χ3n) is 4.17. The summed E-state index contributed by atoms with van der Waals surface area (Å²) in [5, 5.41) is 0. The van der Waals surface area contributed by atoms with Crippen molar-refractivity contribution in [1.82, 2.24) is 4.90 Å². The van der Waals surface area contributed by atoms with E-state index in [2.05, 4.69) is 23.4 Å². The van der Waals surface area contributed by atoms with Crippen LogP contribution in [0.3, 0.4) is 0 Å². The fourth-order valence-electron chi connectivity index (χ4n) is 3.07. The van der Waals surface area contributed by atoms with Crippen LogP contribution in [0.1, 0.15) is 33.1 Å². The smallest absolute Gasteiger partial charge is 0.191 e. The van der Waals surface area contributed by atoms with Crippen molar-refractivity contribution in [3.8, 4) is 0 Å². The standard InChI is InChI=1S/C15H27N3O/c1-11(2)14-13(6-8-19-14)9-17-15(16)18-7-4-5-12(3)10-18/h12-14H,1,4-10H2,2-3H3,(H2,16,17). The van der Waals surface area contributed by atoms with Crippen molar-refractivity contribution < 1.29 is 4.74 Å².